The van der Waals surface area contributed by atoms with E-state index in [1.807, 2.05) is 24.3 Å². The summed E-state index contributed by atoms with van der Waals surface area (Å²) in [7, 11) is 1.46. The Hall–Kier alpha value is -4.86. The molecule has 0 saturated carbocycles. The van der Waals surface area contributed by atoms with Crippen molar-refractivity contribution in [1.29, 1.82) is 10.5 Å². The van der Waals surface area contributed by atoms with Crippen LogP contribution in [0.25, 0.3) is 0 Å². The third-order valence-corrected chi connectivity index (χ3v) is 5.19. The van der Waals surface area contributed by atoms with Crippen molar-refractivity contribution in [2.24, 2.45) is 11.1 Å². The van der Waals surface area contributed by atoms with Crippen molar-refractivity contribution in [1.82, 2.24) is 0 Å². The van der Waals surface area contributed by atoms with E-state index >= 15 is 0 Å². The van der Waals surface area contributed by atoms with Gasteiger partial charge in [0, 0.05) is 5.56 Å². The number of hydrogen-bond donors (Lipinski definition) is 1. The number of benzene rings is 3. The van der Waals surface area contributed by atoms with Gasteiger partial charge < -0.3 is 19.1 Å². The lowest BCUT2D eigenvalue weighted by Crippen LogP contribution is -2.13. The highest BCUT2D eigenvalue weighted by Crippen LogP contribution is 2.23. The molecule has 1 atom stereocenters. The first-order chi connectivity index (χ1) is 17.6. The molecule has 36 heavy (non-hydrogen) atoms. The van der Waals surface area contributed by atoms with Gasteiger partial charge in [-0.05, 0) is 47.5 Å². The fourth-order valence-corrected chi connectivity index (χ4v) is 3.26. The van der Waals surface area contributed by atoms with Gasteiger partial charge >= 0.3 is 5.97 Å². The van der Waals surface area contributed by atoms with Crippen LogP contribution in [0.5, 0.6) is 11.5 Å². The van der Waals surface area contributed by atoms with Crippen LogP contribution in [0.2, 0.25) is 0 Å². The van der Waals surface area contributed by atoms with Crippen LogP contribution in [-0.2, 0) is 21.1 Å². The highest BCUT2D eigenvalue weighted by molar-refractivity contribution is 6.01. The summed E-state index contributed by atoms with van der Waals surface area (Å²) in [5.41, 5.74) is 3.56. The van der Waals surface area contributed by atoms with Crippen molar-refractivity contribution >= 4 is 11.7 Å². The van der Waals surface area contributed by atoms with E-state index in [-0.39, 0.29) is 13.0 Å². The van der Waals surface area contributed by atoms with Gasteiger partial charge in [-0.2, -0.15) is 16.4 Å². The van der Waals surface area contributed by atoms with E-state index in [1.165, 1.54) is 7.11 Å². The molecular formula is C27H24N4O5. The summed E-state index contributed by atoms with van der Waals surface area (Å²) < 4.78 is 11.7. The lowest BCUT2D eigenvalue weighted by Gasteiger charge is -2.11. The van der Waals surface area contributed by atoms with Crippen molar-refractivity contribution in [2.75, 3.05) is 13.7 Å². The zero-order valence-corrected chi connectivity index (χ0v) is 19.6. The number of nitrogens with zero attached hydrogens (tertiary/aromatic N) is 3. The molecule has 0 aliphatic carbocycles. The molecule has 0 fully saturated rings. The van der Waals surface area contributed by atoms with Gasteiger partial charge in [-0.3, -0.25) is 4.79 Å². The molecule has 0 radical (unpaired) electrons. The van der Waals surface area contributed by atoms with Crippen molar-refractivity contribution in [2.45, 2.75) is 18.9 Å². The average Bonchev–Trinajstić information content (AvgIpc) is 2.93. The second-order valence-corrected chi connectivity index (χ2v) is 7.58. The molecule has 0 heterocycles. The molecule has 0 aromatic heterocycles. The van der Waals surface area contributed by atoms with Crippen molar-refractivity contribution in [3.05, 3.63) is 95.1 Å². The van der Waals surface area contributed by atoms with Crippen LogP contribution in [0.4, 0.5) is 0 Å². The Bertz CT molecular complexity index is 1260. The summed E-state index contributed by atoms with van der Waals surface area (Å²) >= 11 is 0. The third-order valence-electron chi connectivity index (χ3n) is 5.19. The molecule has 0 aliphatic heterocycles. The van der Waals surface area contributed by atoms with E-state index in [1.54, 1.807) is 48.5 Å². The van der Waals surface area contributed by atoms with Crippen LogP contribution in [0, 0.1) is 22.7 Å². The SMILES string of the molecule is CO/N=C(/COc1ccc(COc2ccc(C(C#N)CC(=O)ON)cc2)cc1)c1ccc(C#N)cc1. The second-order valence-electron chi connectivity index (χ2n) is 7.58. The topological polar surface area (TPSA) is 140 Å². The fourth-order valence-electron chi connectivity index (χ4n) is 3.26. The summed E-state index contributed by atoms with van der Waals surface area (Å²) in [5.74, 6) is 4.84. The molecule has 0 bridgehead atoms. The van der Waals surface area contributed by atoms with Crippen LogP contribution >= 0.6 is 0 Å². The number of carbonyl (C=O) groups excluding carboxylic acids is 1. The first-order valence-electron chi connectivity index (χ1n) is 10.9. The second kappa shape index (κ2) is 13.1. The maximum Gasteiger partial charge on any atom is 0.326 e. The summed E-state index contributed by atoms with van der Waals surface area (Å²) in [4.78, 5) is 20.4. The molecular weight excluding hydrogens is 460 g/mol. The fraction of sp³-hybridized carbons (Fsp3) is 0.185. The Morgan fingerprint density at radius 2 is 1.58 bits per heavy atom. The number of oxime groups is 1. The Morgan fingerprint density at radius 1 is 0.944 bits per heavy atom. The van der Waals surface area contributed by atoms with Crippen LogP contribution in [0.3, 0.4) is 0 Å². The van der Waals surface area contributed by atoms with E-state index < -0.39 is 11.9 Å². The largest absolute Gasteiger partial charge is 0.489 e. The molecule has 182 valence electrons. The Labute approximate surface area is 208 Å². The molecule has 0 aliphatic rings. The van der Waals surface area contributed by atoms with Gasteiger partial charge in [0.2, 0.25) is 0 Å². The minimum absolute atomic E-state index is 0.117. The zero-order chi connectivity index (χ0) is 25.8. The van der Waals surface area contributed by atoms with Crippen LogP contribution < -0.4 is 15.4 Å². The van der Waals surface area contributed by atoms with Crippen molar-refractivity contribution < 1.29 is 23.9 Å². The highest BCUT2D eigenvalue weighted by atomic mass is 16.7. The van der Waals surface area contributed by atoms with E-state index in [0.717, 1.165) is 11.1 Å². The highest BCUT2D eigenvalue weighted by Gasteiger charge is 2.16. The van der Waals surface area contributed by atoms with Gasteiger partial charge in [0.15, 0.2) is 0 Å². The standard InChI is InChI=1S/C27H24N4O5/c1-33-31-26(22-6-2-19(15-28)3-7-22)18-35-24-10-4-20(5-11-24)17-34-25-12-8-21(9-13-25)23(16-29)14-27(32)36-30/h2-13,23H,14,17-18,30H2,1H3/b31-26-. The lowest BCUT2D eigenvalue weighted by molar-refractivity contribution is -0.144. The molecule has 3 aromatic carbocycles. The lowest BCUT2D eigenvalue weighted by atomic mass is 9.97. The molecule has 2 N–H and O–H groups in total. The number of ether oxygens (including phenoxy) is 2. The zero-order valence-electron chi connectivity index (χ0n) is 19.6. The summed E-state index contributed by atoms with van der Waals surface area (Å²) in [6.45, 7) is 0.525. The Balaban J connectivity index is 1.53. The minimum Gasteiger partial charge on any atom is -0.489 e. The number of carbonyl (C=O) groups is 1. The molecule has 0 saturated heterocycles. The first kappa shape index (κ1) is 25.8. The van der Waals surface area contributed by atoms with Gasteiger partial charge in [-0.15, -0.1) is 0 Å². The quantitative estimate of drug-likeness (QED) is 0.318. The minimum atomic E-state index is -0.647. The molecule has 0 amide bonds. The normalized spacial score (nSPS) is 11.5. The molecule has 9 heteroatoms. The molecule has 0 spiro atoms. The monoisotopic (exact) mass is 484 g/mol. The molecule has 1 unspecified atom stereocenters. The molecule has 3 rings (SSSR count). The Kier molecular flexibility index (Phi) is 9.40. The van der Waals surface area contributed by atoms with Crippen LogP contribution in [0.15, 0.2) is 78.0 Å². The van der Waals surface area contributed by atoms with Crippen molar-refractivity contribution in [3.8, 4) is 23.6 Å². The number of nitrogens with two attached hydrogens (primary N) is 1. The summed E-state index contributed by atoms with van der Waals surface area (Å²) in [6, 6.07) is 25.6. The summed E-state index contributed by atoms with van der Waals surface area (Å²) in [5, 5.41) is 22.3. The predicted molar refractivity (Wildman–Crippen MR) is 131 cm³/mol. The van der Waals surface area contributed by atoms with Gasteiger partial charge in [-0.1, -0.05) is 41.6 Å². The Morgan fingerprint density at radius 3 is 2.17 bits per heavy atom. The maximum atomic E-state index is 11.3. The van der Waals surface area contributed by atoms with E-state index in [9.17, 15) is 10.1 Å². The van der Waals surface area contributed by atoms with E-state index in [2.05, 4.69) is 22.1 Å². The van der Waals surface area contributed by atoms with Crippen LogP contribution in [-0.4, -0.2) is 25.4 Å². The van der Waals surface area contributed by atoms with Crippen molar-refractivity contribution in [3.63, 3.8) is 0 Å². The third kappa shape index (κ3) is 7.32. The first-order valence-corrected chi connectivity index (χ1v) is 10.9. The average molecular weight is 485 g/mol. The van der Waals surface area contributed by atoms with Crippen LogP contribution in [0.1, 0.15) is 34.6 Å². The molecule has 3 aromatic rings. The van der Waals surface area contributed by atoms with Gasteiger partial charge in [0.05, 0.1) is 30.0 Å². The summed E-state index contributed by atoms with van der Waals surface area (Å²) in [6.07, 6.45) is -0.117. The number of nitriles is 2. The van der Waals surface area contributed by atoms with E-state index in [4.69, 9.17) is 25.5 Å². The predicted octanol–water partition coefficient (Wildman–Crippen LogP) is 3.98. The van der Waals surface area contributed by atoms with E-state index in [0.29, 0.717) is 34.9 Å². The number of hydrogen-bond acceptors (Lipinski definition) is 9. The van der Waals surface area contributed by atoms with Gasteiger partial charge in [0.1, 0.15) is 37.5 Å². The van der Waals surface area contributed by atoms with Gasteiger partial charge in [-0.25, -0.2) is 0 Å². The van der Waals surface area contributed by atoms with Gasteiger partial charge in [0.25, 0.3) is 0 Å². The smallest absolute Gasteiger partial charge is 0.326 e. The maximum absolute atomic E-state index is 11.3. The molecule has 9 nitrogen and oxygen atoms in total. The number of rotatable bonds is 11.